The van der Waals surface area contributed by atoms with Crippen LogP contribution in [0.2, 0.25) is 0 Å². The molecule has 0 aromatic carbocycles. The van der Waals surface area contributed by atoms with Crippen molar-refractivity contribution < 1.29 is 9.84 Å². The van der Waals surface area contributed by atoms with E-state index in [4.69, 9.17) is 4.74 Å². The Kier molecular flexibility index (Phi) is 4.46. The molecule has 1 rings (SSSR count). The monoisotopic (exact) mass is 184 g/mol. The lowest BCUT2D eigenvalue weighted by atomic mass is 9.95. The van der Waals surface area contributed by atoms with Crippen LogP contribution in [-0.4, -0.2) is 23.9 Å². The van der Waals surface area contributed by atoms with Crippen molar-refractivity contribution in [1.82, 2.24) is 0 Å². The Morgan fingerprint density at radius 3 is 2.69 bits per heavy atom. The van der Waals surface area contributed by atoms with Gasteiger partial charge >= 0.3 is 0 Å². The normalized spacial score (nSPS) is 28.5. The summed E-state index contributed by atoms with van der Waals surface area (Å²) in [5.74, 6) is 0. The Morgan fingerprint density at radius 2 is 2.08 bits per heavy atom. The first-order valence-corrected chi connectivity index (χ1v) is 5.13. The van der Waals surface area contributed by atoms with E-state index in [1.165, 1.54) is 12.0 Å². The van der Waals surface area contributed by atoms with Crippen molar-refractivity contribution in [2.75, 3.05) is 6.61 Å². The third-order valence-corrected chi connectivity index (χ3v) is 2.47. The largest absolute Gasteiger partial charge is 0.390 e. The molecule has 0 aromatic heterocycles. The van der Waals surface area contributed by atoms with Gasteiger partial charge in [-0.25, -0.2) is 0 Å². The molecule has 1 aliphatic carbocycles. The predicted octanol–water partition coefficient (Wildman–Crippen LogP) is 2.27. The number of aliphatic hydroxyl groups is 1. The molecule has 0 amide bonds. The average Bonchev–Trinajstić information content (AvgIpc) is 2.08. The van der Waals surface area contributed by atoms with Gasteiger partial charge in [-0.2, -0.15) is 0 Å². The Balaban J connectivity index is 2.23. The van der Waals surface area contributed by atoms with Crippen molar-refractivity contribution in [3.05, 3.63) is 11.6 Å². The molecule has 0 heterocycles. The summed E-state index contributed by atoms with van der Waals surface area (Å²) in [7, 11) is 0. The highest BCUT2D eigenvalue weighted by Gasteiger charge is 2.22. The maximum absolute atomic E-state index is 9.59. The zero-order chi connectivity index (χ0) is 9.68. The summed E-state index contributed by atoms with van der Waals surface area (Å²) in [6.07, 6.45) is 6.14. The van der Waals surface area contributed by atoms with Crippen LogP contribution in [0.4, 0.5) is 0 Å². The summed E-state index contributed by atoms with van der Waals surface area (Å²) >= 11 is 0. The zero-order valence-electron chi connectivity index (χ0n) is 8.62. The molecule has 2 heteroatoms. The quantitative estimate of drug-likeness (QED) is 0.682. The Hall–Kier alpha value is -0.340. The summed E-state index contributed by atoms with van der Waals surface area (Å²) in [6, 6.07) is 0. The lowest BCUT2D eigenvalue weighted by molar-refractivity contribution is -0.0490. The van der Waals surface area contributed by atoms with Crippen LogP contribution in [-0.2, 0) is 4.74 Å². The molecule has 0 bridgehead atoms. The van der Waals surface area contributed by atoms with E-state index >= 15 is 0 Å². The van der Waals surface area contributed by atoms with Gasteiger partial charge in [0, 0.05) is 0 Å². The summed E-state index contributed by atoms with van der Waals surface area (Å²) in [5, 5.41) is 9.59. The molecule has 0 aromatic rings. The van der Waals surface area contributed by atoms with Crippen molar-refractivity contribution in [2.24, 2.45) is 0 Å². The van der Waals surface area contributed by atoms with Crippen molar-refractivity contribution in [3.8, 4) is 0 Å². The second-order valence-electron chi connectivity index (χ2n) is 4.01. The van der Waals surface area contributed by atoms with Crippen molar-refractivity contribution in [1.29, 1.82) is 0 Å². The van der Waals surface area contributed by atoms with Crippen LogP contribution in [0.15, 0.2) is 11.6 Å². The lowest BCUT2D eigenvalue weighted by Crippen LogP contribution is -2.32. The topological polar surface area (TPSA) is 29.5 Å². The van der Waals surface area contributed by atoms with E-state index in [-0.39, 0.29) is 12.2 Å². The summed E-state index contributed by atoms with van der Waals surface area (Å²) in [4.78, 5) is 0. The summed E-state index contributed by atoms with van der Waals surface area (Å²) in [5.41, 5.74) is 1.27. The molecule has 0 aliphatic heterocycles. The van der Waals surface area contributed by atoms with E-state index in [1.54, 1.807) is 0 Å². The molecule has 1 N–H and O–H groups in total. The molecule has 1 aliphatic rings. The average molecular weight is 184 g/mol. The molecule has 2 nitrogen and oxygen atoms in total. The van der Waals surface area contributed by atoms with Gasteiger partial charge in [-0.3, -0.25) is 0 Å². The van der Waals surface area contributed by atoms with E-state index < -0.39 is 0 Å². The van der Waals surface area contributed by atoms with Crippen LogP contribution in [0.3, 0.4) is 0 Å². The van der Waals surface area contributed by atoms with E-state index in [2.05, 4.69) is 19.9 Å². The van der Waals surface area contributed by atoms with Gasteiger partial charge in [-0.15, -0.1) is 0 Å². The highest BCUT2D eigenvalue weighted by atomic mass is 16.5. The third kappa shape index (κ3) is 3.92. The standard InChI is InChI=1S/C11H20O2/c1-9(2)7-8-13-11-6-4-3-5-10(11)12/h7,10-12H,3-6,8H2,1-2H3. The Bertz CT molecular complexity index is 171. The minimum Gasteiger partial charge on any atom is -0.390 e. The summed E-state index contributed by atoms with van der Waals surface area (Å²) in [6.45, 7) is 4.76. The van der Waals surface area contributed by atoms with E-state index in [0.29, 0.717) is 6.61 Å². The van der Waals surface area contributed by atoms with E-state index in [1.807, 2.05) is 0 Å². The van der Waals surface area contributed by atoms with Gasteiger partial charge in [-0.1, -0.05) is 24.5 Å². The maximum Gasteiger partial charge on any atom is 0.0838 e. The molecule has 2 atom stereocenters. The fourth-order valence-corrected chi connectivity index (χ4v) is 1.61. The van der Waals surface area contributed by atoms with Crippen LogP contribution in [0, 0.1) is 0 Å². The number of hydrogen-bond acceptors (Lipinski definition) is 2. The van der Waals surface area contributed by atoms with Crippen LogP contribution in [0.25, 0.3) is 0 Å². The van der Waals surface area contributed by atoms with Crippen LogP contribution in [0.1, 0.15) is 39.5 Å². The second kappa shape index (κ2) is 5.40. The molecule has 0 radical (unpaired) electrons. The van der Waals surface area contributed by atoms with Gasteiger partial charge in [0.25, 0.3) is 0 Å². The fraction of sp³-hybridized carbons (Fsp3) is 0.818. The van der Waals surface area contributed by atoms with Crippen molar-refractivity contribution in [3.63, 3.8) is 0 Å². The van der Waals surface area contributed by atoms with Crippen LogP contribution in [0.5, 0.6) is 0 Å². The molecule has 0 saturated heterocycles. The lowest BCUT2D eigenvalue weighted by Gasteiger charge is -2.27. The molecule has 13 heavy (non-hydrogen) atoms. The first-order chi connectivity index (χ1) is 6.20. The summed E-state index contributed by atoms with van der Waals surface area (Å²) < 4.78 is 5.58. The van der Waals surface area contributed by atoms with Crippen LogP contribution < -0.4 is 0 Å². The van der Waals surface area contributed by atoms with Crippen LogP contribution >= 0.6 is 0 Å². The minimum absolute atomic E-state index is 0.0735. The molecule has 0 spiro atoms. The van der Waals surface area contributed by atoms with Gasteiger partial charge in [0.05, 0.1) is 18.8 Å². The minimum atomic E-state index is -0.237. The number of allylic oxidation sites excluding steroid dienone is 1. The third-order valence-electron chi connectivity index (χ3n) is 2.47. The zero-order valence-corrected chi connectivity index (χ0v) is 8.62. The molecule has 1 fully saturated rings. The van der Waals surface area contributed by atoms with Gasteiger partial charge in [-0.05, 0) is 26.7 Å². The smallest absolute Gasteiger partial charge is 0.0838 e. The molecular formula is C11H20O2. The highest BCUT2D eigenvalue weighted by Crippen LogP contribution is 2.20. The molecule has 76 valence electrons. The second-order valence-corrected chi connectivity index (χ2v) is 4.01. The molecular weight excluding hydrogens is 164 g/mol. The number of aliphatic hydroxyl groups excluding tert-OH is 1. The molecule has 1 saturated carbocycles. The predicted molar refractivity (Wildman–Crippen MR) is 53.6 cm³/mol. The number of rotatable bonds is 3. The number of hydrogen-bond donors (Lipinski definition) is 1. The van der Waals surface area contributed by atoms with E-state index in [0.717, 1.165) is 19.3 Å². The SMILES string of the molecule is CC(C)=CCOC1CCCCC1O. The molecule has 2 unspecified atom stereocenters. The van der Waals surface area contributed by atoms with E-state index in [9.17, 15) is 5.11 Å². The first kappa shape index (κ1) is 10.7. The first-order valence-electron chi connectivity index (χ1n) is 5.13. The number of ether oxygens (including phenoxy) is 1. The van der Waals surface area contributed by atoms with Crippen molar-refractivity contribution in [2.45, 2.75) is 51.7 Å². The van der Waals surface area contributed by atoms with Gasteiger partial charge in [0.1, 0.15) is 0 Å². The highest BCUT2D eigenvalue weighted by molar-refractivity contribution is 4.93. The van der Waals surface area contributed by atoms with Gasteiger partial charge in [0.2, 0.25) is 0 Å². The Labute approximate surface area is 80.6 Å². The maximum atomic E-state index is 9.59. The Morgan fingerprint density at radius 1 is 1.38 bits per heavy atom. The van der Waals surface area contributed by atoms with Crippen molar-refractivity contribution >= 4 is 0 Å². The fourth-order valence-electron chi connectivity index (χ4n) is 1.61. The van der Waals surface area contributed by atoms with Gasteiger partial charge in [0.15, 0.2) is 0 Å². The van der Waals surface area contributed by atoms with Gasteiger partial charge < -0.3 is 9.84 Å².